The van der Waals surface area contributed by atoms with Gasteiger partial charge in [-0.25, -0.2) is 0 Å². The van der Waals surface area contributed by atoms with Gasteiger partial charge in [-0.3, -0.25) is 4.79 Å². The van der Waals surface area contributed by atoms with Crippen molar-refractivity contribution in [2.75, 3.05) is 20.8 Å². The summed E-state index contributed by atoms with van der Waals surface area (Å²) < 4.78 is 15.9. The normalized spacial score (nSPS) is 13.7. The summed E-state index contributed by atoms with van der Waals surface area (Å²) in [5, 5.41) is 0. The predicted octanol–water partition coefficient (Wildman–Crippen LogP) is 2.80. The van der Waals surface area contributed by atoms with Crippen LogP contribution in [0.15, 0.2) is 28.9 Å². The van der Waals surface area contributed by atoms with Gasteiger partial charge in [0.25, 0.3) is 5.91 Å². The molecule has 0 saturated heterocycles. The fraction of sp³-hybridized carbons (Fsp3) is 0.353. The Morgan fingerprint density at radius 2 is 1.86 bits per heavy atom. The van der Waals surface area contributed by atoms with E-state index in [9.17, 15) is 4.79 Å². The number of carbonyl (C=O) groups excluding carboxylic acids is 1. The fourth-order valence-electron chi connectivity index (χ4n) is 2.83. The first-order chi connectivity index (χ1) is 10.6. The van der Waals surface area contributed by atoms with E-state index in [1.807, 2.05) is 17.0 Å². The van der Waals surface area contributed by atoms with E-state index < -0.39 is 0 Å². The van der Waals surface area contributed by atoms with Gasteiger partial charge in [0.15, 0.2) is 11.5 Å². The molecule has 116 valence electrons. The summed E-state index contributed by atoms with van der Waals surface area (Å²) in [5.74, 6) is 2.08. The van der Waals surface area contributed by atoms with Crippen LogP contribution in [-0.4, -0.2) is 31.6 Å². The van der Waals surface area contributed by atoms with Crippen LogP contribution in [0.1, 0.15) is 27.2 Å². The van der Waals surface area contributed by atoms with E-state index in [0.29, 0.717) is 30.2 Å². The number of nitrogens with zero attached hydrogens (tertiary/aromatic N) is 1. The molecule has 0 N–H and O–H groups in total. The Hall–Kier alpha value is -2.43. The molecule has 5 heteroatoms. The van der Waals surface area contributed by atoms with Crippen LogP contribution in [0.25, 0.3) is 0 Å². The average Bonchev–Trinajstić information content (AvgIpc) is 2.98. The zero-order chi connectivity index (χ0) is 15.7. The lowest BCUT2D eigenvalue weighted by molar-refractivity contribution is 0.0732. The molecular formula is C17H19NO4. The largest absolute Gasteiger partial charge is 0.493 e. The number of methoxy groups -OCH3 is 2. The van der Waals surface area contributed by atoms with Crippen LogP contribution in [0.4, 0.5) is 0 Å². The first-order valence-electron chi connectivity index (χ1n) is 7.21. The van der Waals surface area contributed by atoms with Crippen molar-refractivity contribution in [3.8, 4) is 11.5 Å². The SMILES string of the molecule is COc1cc2c(cc1OC)CN(C(=O)c1ccoc1C)CC2. The Labute approximate surface area is 129 Å². The highest BCUT2D eigenvalue weighted by atomic mass is 16.5. The highest BCUT2D eigenvalue weighted by molar-refractivity contribution is 5.95. The molecule has 3 rings (SSSR count). The van der Waals surface area contributed by atoms with Gasteiger partial charge in [-0.15, -0.1) is 0 Å². The van der Waals surface area contributed by atoms with E-state index in [2.05, 4.69) is 0 Å². The van der Waals surface area contributed by atoms with Crippen molar-refractivity contribution in [1.29, 1.82) is 0 Å². The minimum absolute atomic E-state index is 0.00619. The number of benzene rings is 1. The van der Waals surface area contributed by atoms with Gasteiger partial charge < -0.3 is 18.8 Å². The molecule has 2 heterocycles. The third kappa shape index (κ3) is 2.43. The van der Waals surface area contributed by atoms with Crippen molar-refractivity contribution in [3.63, 3.8) is 0 Å². The van der Waals surface area contributed by atoms with Gasteiger partial charge in [0.05, 0.1) is 26.0 Å². The number of rotatable bonds is 3. The summed E-state index contributed by atoms with van der Waals surface area (Å²) in [7, 11) is 3.25. The molecule has 0 unspecified atom stereocenters. The lowest BCUT2D eigenvalue weighted by atomic mass is 9.98. The molecule has 1 aliphatic heterocycles. The van der Waals surface area contributed by atoms with Crippen LogP contribution in [0.5, 0.6) is 11.5 Å². The maximum absolute atomic E-state index is 12.6. The molecule has 0 spiro atoms. The molecule has 1 aromatic carbocycles. The minimum atomic E-state index is 0.00619. The van der Waals surface area contributed by atoms with Crippen LogP contribution in [0.2, 0.25) is 0 Å². The van der Waals surface area contributed by atoms with E-state index in [0.717, 1.165) is 17.7 Å². The van der Waals surface area contributed by atoms with Crippen molar-refractivity contribution < 1.29 is 18.7 Å². The highest BCUT2D eigenvalue weighted by Crippen LogP contribution is 2.33. The minimum Gasteiger partial charge on any atom is -0.493 e. The molecule has 0 saturated carbocycles. The predicted molar refractivity (Wildman–Crippen MR) is 81.4 cm³/mol. The molecule has 0 radical (unpaired) electrons. The maximum Gasteiger partial charge on any atom is 0.257 e. The molecule has 0 bridgehead atoms. The van der Waals surface area contributed by atoms with Crippen LogP contribution in [-0.2, 0) is 13.0 Å². The molecule has 0 atom stereocenters. The van der Waals surface area contributed by atoms with Crippen molar-refractivity contribution in [1.82, 2.24) is 4.90 Å². The van der Waals surface area contributed by atoms with Crippen LogP contribution in [0.3, 0.4) is 0 Å². The third-order valence-corrected chi connectivity index (χ3v) is 4.09. The van der Waals surface area contributed by atoms with Gasteiger partial charge >= 0.3 is 0 Å². The van der Waals surface area contributed by atoms with Gasteiger partial charge in [0, 0.05) is 13.1 Å². The third-order valence-electron chi connectivity index (χ3n) is 4.09. The Kier molecular flexibility index (Phi) is 3.79. The van der Waals surface area contributed by atoms with Crippen molar-refractivity contribution in [2.24, 2.45) is 0 Å². The Morgan fingerprint density at radius 3 is 2.45 bits per heavy atom. The van der Waals surface area contributed by atoms with Gasteiger partial charge in [0.1, 0.15) is 5.76 Å². The van der Waals surface area contributed by atoms with E-state index >= 15 is 0 Å². The van der Waals surface area contributed by atoms with Crippen molar-refractivity contribution >= 4 is 5.91 Å². The number of furan rings is 1. The van der Waals surface area contributed by atoms with E-state index in [-0.39, 0.29) is 5.91 Å². The Morgan fingerprint density at radius 1 is 1.18 bits per heavy atom. The molecule has 1 amide bonds. The zero-order valence-corrected chi connectivity index (χ0v) is 13.0. The van der Waals surface area contributed by atoms with E-state index in [1.165, 1.54) is 5.56 Å². The molecule has 1 aliphatic rings. The first-order valence-corrected chi connectivity index (χ1v) is 7.21. The summed E-state index contributed by atoms with van der Waals surface area (Å²) in [6.45, 7) is 3.06. The summed E-state index contributed by atoms with van der Waals surface area (Å²) in [6, 6.07) is 5.68. The monoisotopic (exact) mass is 301 g/mol. The van der Waals surface area contributed by atoms with Crippen LogP contribution in [0, 0.1) is 6.92 Å². The van der Waals surface area contributed by atoms with Gasteiger partial charge in [-0.2, -0.15) is 0 Å². The van der Waals surface area contributed by atoms with Gasteiger partial charge in [-0.1, -0.05) is 0 Å². The van der Waals surface area contributed by atoms with Gasteiger partial charge in [0.2, 0.25) is 0 Å². The second kappa shape index (κ2) is 5.75. The second-order valence-electron chi connectivity index (χ2n) is 5.34. The van der Waals surface area contributed by atoms with Crippen molar-refractivity contribution in [2.45, 2.75) is 19.9 Å². The lowest BCUT2D eigenvalue weighted by Gasteiger charge is -2.29. The van der Waals surface area contributed by atoms with Gasteiger partial charge in [-0.05, 0) is 42.7 Å². The van der Waals surface area contributed by atoms with Crippen LogP contribution < -0.4 is 9.47 Å². The number of hydrogen-bond donors (Lipinski definition) is 0. The summed E-state index contributed by atoms with van der Waals surface area (Å²) in [4.78, 5) is 14.4. The summed E-state index contributed by atoms with van der Waals surface area (Å²) >= 11 is 0. The van der Waals surface area contributed by atoms with Crippen LogP contribution >= 0.6 is 0 Å². The lowest BCUT2D eigenvalue weighted by Crippen LogP contribution is -2.36. The van der Waals surface area contributed by atoms with E-state index in [1.54, 1.807) is 33.5 Å². The number of amides is 1. The highest BCUT2D eigenvalue weighted by Gasteiger charge is 2.25. The quantitative estimate of drug-likeness (QED) is 0.875. The van der Waals surface area contributed by atoms with Crippen molar-refractivity contribution in [3.05, 3.63) is 46.9 Å². The molecule has 22 heavy (non-hydrogen) atoms. The second-order valence-corrected chi connectivity index (χ2v) is 5.34. The topological polar surface area (TPSA) is 51.9 Å². The fourth-order valence-corrected chi connectivity index (χ4v) is 2.83. The molecule has 1 aromatic heterocycles. The maximum atomic E-state index is 12.6. The van der Waals surface area contributed by atoms with E-state index in [4.69, 9.17) is 13.9 Å². The number of aryl methyl sites for hydroxylation is 1. The molecule has 5 nitrogen and oxygen atoms in total. The molecule has 0 aliphatic carbocycles. The zero-order valence-electron chi connectivity index (χ0n) is 13.0. The molecule has 0 fully saturated rings. The first kappa shape index (κ1) is 14.5. The smallest absolute Gasteiger partial charge is 0.257 e. The number of hydrogen-bond acceptors (Lipinski definition) is 4. The number of fused-ring (bicyclic) bond motifs is 1. The number of ether oxygens (including phenoxy) is 2. The Balaban J connectivity index is 1.87. The molecular weight excluding hydrogens is 282 g/mol. The summed E-state index contributed by atoms with van der Waals surface area (Å²) in [6.07, 6.45) is 2.35. The number of carbonyl (C=O) groups is 1. The average molecular weight is 301 g/mol. The molecule has 2 aromatic rings. The summed E-state index contributed by atoms with van der Waals surface area (Å²) in [5.41, 5.74) is 2.92. The standard InChI is InChI=1S/C17H19NO4/c1-11-14(5-7-22-11)17(19)18-6-4-12-8-15(20-2)16(21-3)9-13(12)10-18/h5,7-9H,4,6,10H2,1-3H3. The Bertz CT molecular complexity index is 705.